The third-order valence-electron chi connectivity index (χ3n) is 3.32. The van der Waals surface area contributed by atoms with Crippen LogP contribution in [0.4, 0.5) is 0 Å². The van der Waals surface area contributed by atoms with E-state index in [1.807, 2.05) is 0 Å². The molecule has 0 spiro atoms. The highest BCUT2D eigenvalue weighted by atomic mass is 14.1. The molecule has 87 valence electrons. The Morgan fingerprint density at radius 1 is 1.00 bits per heavy atom. The van der Waals surface area contributed by atoms with Gasteiger partial charge in [0.1, 0.15) is 0 Å². The fraction of sp³-hybridized carbons (Fsp3) is 0.500. The molecule has 0 unspecified atom stereocenters. The van der Waals surface area contributed by atoms with E-state index in [1.54, 1.807) is 6.08 Å². The monoisotopic (exact) mass is 215 g/mol. The molecule has 0 amide bonds. The van der Waals surface area contributed by atoms with Crippen LogP contribution >= 0.6 is 0 Å². The molecule has 0 aliphatic heterocycles. The highest BCUT2D eigenvalue weighted by molar-refractivity contribution is 5.36. The lowest BCUT2D eigenvalue weighted by Gasteiger charge is -2.08. The lowest BCUT2D eigenvalue weighted by molar-refractivity contribution is 0.686. The van der Waals surface area contributed by atoms with E-state index in [9.17, 15) is 0 Å². The van der Waals surface area contributed by atoms with Crippen LogP contribution in [-0.4, -0.2) is 0 Å². The molecule has 0 bridgehead atoms. The molecule has 0 saturated heterocycles. The van der Waals surface area contributed by atoms with Gasteiger partial charge in [0.25, 0.3) is 0 Å². The summed E-state index contributed by atoms with van der Waals surface area (Å²) in [4.78, 5) is 0. The smallest absolute Gasteiger partial charge is 0.0279 e. The molecule has 1 radical (unpaired) electrons. The number of hydrogen-bond acceptors (Lipinski definition) is 0. The quantitative estimate of drug-likeness (QED) is 0.603. The minimum atomic E-state index is 1.05. The zero-order valence-electron chi connectivity index (χ0n) is 10.8. The van der Waals surface area contributed by atoms with Crippen molar-refractivity contribution in [2.24, 2.45) is 0 Å². The maximum absolute atomic E-state index is 5.35. The van der Waals surface area contributed by atoms with Gasteiger partial charge in [-0.2, -0.15) is 0 Å². The van der Waals surface area contributed by atoms with E-state index in [4.69, 9.17) is 6.58 Å². The molecule has 0 aliphatic carbocycles. The summed E-state index contributed by atoms with van der Waals surface area (Å²) in [6, 6.07) is 4.66. The Balaban J connectivity index is 2.45. The van der Waals surface area contributed by atoms with Crippen molar-refractivity contribution in [2.75, 3.05) is 0 Å². The first-order chi connectivity index (χ1) is 7.65. The number of hydrogen-bond donors (Lipinski definition) is 0. The second-order valence-electron chi connectivity index (χ2n) is 4.69. The third-order valence-corrected chi connectivity index (χ3v) is 3.32. The summed E-state index contributed by atoms with van der Waals surface area (Å²) in [5.74, 6) is 0. The Kier molecular flexibility index (Phi) is 5.31. The molecule has 0 heteroatoms. The van der Waals surface area contributed by atoms with Crippen LogP contribution in [0.15, 0.2) is 18.2 Å². The van der Waals surface area contributed by atoms with Crippen molar-refractivity contribution >= 4 is 0 Å². The van der Waals surface area contributed by atoms with Crippen molar-refractivity contribution in [1.82, 2.24) is 0 Å². The maximum Gasteiger partial charge on any atom is -0.0279 e. The summed E-state index contributed by atoms with van der Waals surface area (Å²) in [7, 11) is 0. The Hall–Kier alpha value is -1.04. The maximum atomic E-state index is 5.35. The predicted molar refractivity (Wildman–Crippen MR) is 71.7 cm³/mol. The van der Waals surface area contributed by atoms with Gasteiger partial charge in [0.2, 0.25) is 0 Å². The predicted octanol–water partition coefficient (Wildman–Crippen LogP) is 4.70. The second-order valence-corrected chi connectivity index (χ2v) is 4.69. The lowest BCUT2D eigenvalue weighted by atomic mass is 9.97. The number of allylic oxidation sites excluding steroid dienone is 1. The summed E-state index contributed by atoms with van der Waals surface area (Å²) < 4.78 is 0. The van der Waals surface area contributed by atoms with Crippen molar-refractivity contribution in [3.8, 4) is 0 Å². The van der Waals surface area contributed by atoms with Gasteiger partial charge in [-0.3, -0.25) is 0 Å². The van der Waals surface area contributed by atoms with Crippen molar-refractivity contribution in [3.05, 3.63) is 47.0 Å². The average Bonchev–Trinajstić information content (AvgIpc) is 2.25. The first-order valence-electron chi connectivity index (χ1n) is 6.25. The van der Waals surface area contributed by atoms with Gasteiger partial charge in [-0.25, -0.2) is 0 Å². The summed E-state index contributed by atoms with van der Waals surface area (Å²) in [6.45, 7) is 12.0. The normalized spacial score (nSPS) is 10.4. The van der Waals surface area contributed by atoms with E-state index in [-0.39, 0.29) is 0 Å². The van der Waals surface area contributed by atoms with Gasteiger partial charge in [-0.15, -0.1) is 0 Å². The van der Waals surface area contributed by atoms with Crippen molar-refractivity contribution in [1.29, 1.82) is 0 Å². The first-order valence-corrected chi connectivity index (χ1v) is 6.25. The zero-order valence-corrected chi connectivity index (χ0v) is 10.8. The molecule has 1 aromatic rings. The Morgan fingerprint density at radius 3 is 2.19 bits per heavy atom. The average molecular weight is 215 g/mol. The fourth-order valence-corrected chi connectivity index (χ4v) is 2.04. The molecular formula is C16H23. The van der Waals surface area contributed by atoms with Gasteiger partial charge >= 0.3 is 0 Å². The van der Waals surface area contributed by atoms with E-state index in [0.29, 0.717) is 0 Å². The fourth-order valence-electron chi connectivity index (χ4n) is 2.04. The standard InChI is InChI=1S/C16H23/c1-5-6-7-8-9-10-16-11-13(2)15(4)14(3)12-16/h1,5,11-12H,6-10H2,2-4H3. The zero-order chi connectivity index (χ0) is 12.0. The topological polar surface area (TPSA) is 0 Å². The summed E-state index contributed by atoms with van der Waals surface area (Å²) in [5, 5.41) is 0. The summed E-state index contributed by atoms with van der Waals surface area (Å²) >= 11 is 0. The van der Waals surface area contributed by atoms with Gasteiger partial charge < -0.3 is 0 Å². The molecule has 0 aliphatic rings. The Bertz CT molecular complexity index is 324. The van der Waals surface area contributed by atoms with Crippen LogP contribution in [0, 0.1) is 27.4 Å². The van der Waals surface area contributed by atoms with E-state index in [2.05, 4.69) is 32.9 Å². The molecule has 1 rings (SSSR count). The minimum absolute atomic E-state index is 1.05. The number of benzene rings is 1. The number of aryl methyl sites for hydroxylation is 3. The lowest BCUT2D eigenvalue weighted by Crippen LogP contribution is -1.92. The molecule has 16 heavy (non-hydrogen) atoms. The first kappa shape index (κ1) is 13.0. The van der Waals surface area contributed by atoms with Gasteiger partial charge in [0, 0.05) is 0 Å². The van der Waals surface area contributed by atoms with Crippen molar-refractivity contribution in [2.45, 2.75) is 52.9 Å². The van der Waals surface area contributed by atoms with E-state index < -0.39 is 0 Å². The van der Waals surface area contributed by atoms with Crippen molar-refractivity contribution < 1.29 is 0 Å². The van der Waals surface area contributed by atoms with Gasteiger partial charge in [0.15, 0.2) is 0 Å². The van der Waals surface area contributed by atoms with E-state index >= 15 is 0 Å². The molecule has 0 atom stereocenters. The third kappa shape index (κ3) is 3.84. The van der Waals surface area contributed by atoms with Gasteiger partial charge in [-0.05, 0) is 68.7 Å². The van der Waals surface area contributed by atoms with E-state index in [1.165, 1.54) is 47.9 Å². The molecule has 0 saturated carbocycles. The van der Waals surface area contributed by atoms with Crippen molar-refractivity contribution in [3.63, 3.8) is 0 Å². The van der Waals surface area contributed by atoms with Crippen LogP contribution in [0.25, 0.3) is 0 Å². The van der Waals surface area contributed by atoms with Crippen LogP contribution in [0.1, 0.15) is 47.9 Å². The summed E-state index contributed by atoms with van der Waals surface area (Å²) in [6.07, 6.45) is 7.79. The highest BCUT2D eigenvalue weighted by Crippen LogP contribution is 2.17. The van der Waals surface area contributed by atoms with Crippen LogP contribution in [0.5, 0.6) is 0 Å². The number of unbranched alkanes of at least 4 members (excludes halogenated alkanes) is 3. The number of rotatable bonds is 6. The summed E-state index contributed by atoms with van der Waals surface area (Å²) in [5.41, 5.74) is 5.76. The largest absolute Gasteiger partial charge is 0.0845 e. The molecule has 0 nitrogen and oxygen atoms in total. The van der Waals surface area contributed by atoms with Crippen LogP contribution in [0.3, 0.4) is 0 Å². The van der Waals surface area contributed by atoms with Crippen LogP contribution in [-0.2, 0) is 6.42 Å². The minimum Gasteiger partial charge on any atom is -0.0845 e. The SMILES string of the molecule is [CH]=CCCCCCc1cc(C)c(C)c(C)c1. The molecule has 0 N–H and O–H groups in total. The van der Waals surface area contributed by atoms with Gasteiger partial charge in [-0.1, -0.05) is 31.2 Å². The van der Waals surface area contributed by atoms with Gasteiger partial charge in [0.05, 0.1) is 0 Å². The van der Waals surface area contributed by atoms with E-state index in [0.717, 1.165) is 6.42 Å². The van der Waals surface area contributed by atoms with Crippen LogP contribution in [0.2, 0.25) is 0 Å². The van der Waals surface area contributed by atoms with Crippen LogP contribution < -0.4 is 0 Å². The highest BCUT2D eigenvalue weighted by Gasteiger charge is 2.00. The molecular weight excluding hydrogens is 192 g/mol. The molecule has 0 aromatic heterocycles. The Labute approximate surface area is 100 Å². The second kappa shape index (κ2) is 6.52. The molecule has 1 aromatic carbocycles. The molecule has 0 fully saturated rings. The Morgan fingerprint density at radius 2 is 1.62 bits per heavy atom. The molecule has 0 heterocycles.